The lowest BCUT2D eigenvalue weighted by molar-refractivity contribution is 0.279. The zero-order valence-corrected chi connectivity index (χ0v) is 6.88. The zero-order valence-electron chi connectivity index (χ0n) is 6.88. The van der Waals surface area contributed by atoms with Crippen LogP contribution in [0.1, 0.15) is 33.1 Å². The maximum Gasteiger partial charge on any atom is 0.0489 e. The van der Waals surface area contributed by atoms with Crippen LogP contribution in [-0.2, 0) is 0 Å². The number of unbranched alkanes of at least 4 members (excludes halogenated alkanes) is 1. The van der Waals surface area contributed by atoms with E-state index in [1.165, 1.54) is 0 Å². The molecule has 0 amide bonds. The molecule has 0 spiro atoms. The van der Waals surface area contributed by atoms with Gasteiger partial charge in [0.1, 0.15) is 0 Å². The third kappa shape index (κ3) is 5.76. The number of nitrogens with zero attached hydrogens (tertiary/aromatic N) is 1. The van der Waals surface area contributed by atoms with Crippen LogP contribution in [0.4, 0.5) is 0 Å². The standard InChI is InChI=1S/C8H17NO/c1-3-4-6-9-8(2)5-7-10/h6,8,10H,3-5,7H2,1-2H3/b9-6+/t8-/m0/s1. The Bertz CT molecular complexity index is 91.3. The molecular weight excluding hydrogens is 126 g/mol. The molecule has 0 aliphatic heterocycles. The van der Waals surface area contributed by atoms with Crippen molar-refractivity contribution in [2.24, 2.45) is 4.99 Å². The van der Waals surface area contributed by atoms with Gasteiger partial charge in [0, 0.05) is 12.6 Å². The van der Waals surface area contributed by atoms with E-state index in [9.17, 15) is 0 Å². The second-order valence-corrected chi connectivity index (χ2v) is 2.48. The predicted molar refractivity (Wildman–Crippen MR) is 44.6 cm³/mol. The van der Waals surface area contributed by atoms with Gasteiger partial charge in [0.2, 0.25) is 0 Å². The summed E-state index contributed by atoms with van der Waals surface area (Å²) in [6, 6.07) is 0.288. The SMILES string of the molecule is CCC/C=N/[C@@H](C)CCO. The third-order valence-electron chi connectivity index (χ3n) is 1.32. The Balaban J connectivity index is 3.26. The highest BCUT2D eigenvalue weighted by molar-refractivity contribution is 5.57. The van der Waals surface area contributed by atoms with Gasteiger partial charge in [-0.05, 0) is 26.0 Å². The molecule has 0 aromatic heterocycles. The van der Waals surface area contributed by atoms with Gasteiger partial charge in [-0.15, -0.1) is 0 Å². The largest absolute Gasteiger partial charge is 0.396 e. The van der Waals surface area contributed by atoms with Gasteiger partial charge in [0.25, 0.3) is 0 Å². The van der Waals surface area contributed by atoms with Gasteiger partial charge in [-0.2, -0.15) is 0 Å². The van der Waals surface area contributed by atoms with Crippen molar-refractivity contribution in [1.29, 1.82) is 0 Å². The molecule has 1 N–H and O–H groups in total. The van der Waals surface area contributed by atoms with Crippen molar-refractivity contribution in [2.75, 3.05) is 6.61 Å². The highest BCUT2D eigenvalue weighted by Gasteiger charge is 1.93. The molecule has 0 aliphatic rings. The van der Waals surface area contributed by atoms with Crippen molar-refractivity contribution in [3.8, 4) is 0 Å². The molecule has 2 nitrogen and oxygen atoms in total. The van der Waals surface area contributed by atoms with Crippen molar-refractivity contribution in [2.45, 2.75) is 39.2 Å². The molecule has 0 aromatic carbocycles. The molecule has 0 aromatic rings. The summed E-state index contributed by atoms with van der Waals surface area (Å²) in [5.74, 6) is 0. The van der Waals surface area contributed by atoms with Crippen LogP contribution in [0.5, 0.6) is 0 Å². The van der Waals surface area contributed by atoms with Crippen molar-refractivity contribution >= 4 is 6.21 Å². The smallest absolute Gasteiger partial charge is 0.0489 e. The lowest BCUT2D eigenvalue weighted by Gasteiger charge is -2.00. The molecule has 0 radical (unpaired) electrons. The minimum atomic E-state index is 0.241. The van der Waals surface area contributed by atoms with E-state index in [1.807, 2.05) is 13.1 Å². The van der Waals surface area contributed by atoms with Crippen LogP contribution in [0.25, 0.3) is 0 Å². The molecule has 0 heterocycles. The van der Waals surface area contributed by atoms with Gasteiger partial charge in [-0.3, -0.25) is 4.99 Å². The minimum absolute atomic E-state index is 0.241. The summed E-state index contributed by atoms with van der Waals surface area (Å²) in [4.78, 5) is 4.22. The highest BCUT2D eigenvalue weighted by Crippen LogP contribution is 1.94. The monoisotopic (exact) mass is 143 g/mol. The van der Waals surface area contributed by atoms with Crippen molar-refractivity contribution in [3.63, 3.8) is 0 Å². The van der Waals surface area contributed by atoms with E-state index >= 15 is 0 Å². The van der Waals surface area contributed by atoms with Crippen LogP contribution in [0.3, 0.4) is 0 Å². The fraction of sp³-hybridized carbons (Fsp3) is 0.875. The van der Waals surface area contributed by atoms with Gasteiger partial charge in [0.05, 0.1) is 0 Å². The van der Waals surface area contributed by atoms with E-state index in [4.69, 9.17) is 5.11 Å². The number of hydrogen-bond donors (Lipinski definition) is 1. The maximum atomic E-state index is 8.52. The molecule has 0 bridgehead atoms. The number of rotatable bonds is 5. The van der Waals surface area contributed by atoms with Crippen LogP contribution in [0.2, 0.25) is 0 Å². The van der Waals surface area contributed by atoms with Crippen molar-refractivity contribution in [3.05, 3.63) is 0 Å². The number of aliphatic hydroxyl groups is 1. The van der Waals surface area contributed by atoms with E-state index in [0.29, 0.717) is 0 Å². The third-order valence-corrected chi connectivity index (χ3v) is 1.32. The van der Waals surface area contributed by atoms with Crippen molar-refractivity contribution < 1.29 is 5.11 Å². The van der Waals surface area contributed by atoms with Gasteiger partial charge in [-0.1, -0.05) is 13.3 Å². The van der Waals surface area contributed by atoms with Crippen LogP contribution >= 0.6 is 0 Å². The molecule has 0 aliphatic carbocycles. The topological polar surface area (TPSA) is 32.6 Å². The molecule has 1 atom stereocenters. The van der Waals surface area contributed by atoms with E-state index in [1.54, 1.807) is 0 Å². The first kappa shape index (κ1) is 9.63. The first-order valence-electron chi connectivity index (χ1n) is 3.93. The molecule has 2 heteroatoms. The first-order chi connectivity index (χ1) is 4.81. The molecule has 0 fully saturated rings. The molecule has 0 unspecified atom stereocenters. The highest BCUT2D eigenvalue weighted by atomic mass is 16.3. The number of aliphatic imine (C=N–C) groups is 1. The number of hydrogen-bond acceptors (Lipinski definition) is 2. The Labute approximate surface area is 63.0 Å². The lowest BCUT2D eigenvalue weighted by atomic mass is 10.2. The van der Waals surface area contributed by atoms with Crippen LogP contribution in [0.15, 0.2) is 4.99 Å². The average molecular weight is 143 g/mol. The average Bonchev–Trinajstić information content (AvgIpc) is 1.89. The van der Waals surface area contributed by atoms with Crippen molar-refractivity contribution in [1.82, 2.24) is 0 Å². The Kier molecular flexibility index (Phi) is 6.50. The molecule has 10 heavy (non-hydrogen) atoms. The predicted octanol–water partition coefficient (Wildman–Crippen LogP) is 1.63. The van der Waals surface area contributed by atoms with Crippen LogP contribution in [0, 0.1) is 0 Å². The fourth-order valence-electron chi connectivity index (χ4n) is 0.645. The summed E-state index contributed by atoms with van der Waals surface area (Å²) >= 11 is 0. The van der Waals surface area contributed by atoms with Gasteiger partial charge < -0.3 is 5.11 Å². The van der Waals surface area contributed by atoms with Crippen LogP contribution in [-0.4, -0.2) is 24.0 Å². The summed E-state index contributed by atoms with van der Waals surface area (Å²) < 4.78 is 0. The molecule has 0 saturated heterocycles. The Hall–Kier alpha value is -0.370. The Morgan fingerprint density at radius 3 is 2.80 bits per heavy atom. The Morgan fingerprint density at radius 1 is 1.60 bits per heavy atom. The summed E-state index contributed by atoms with van der Waals surface area (Å²) in [7, 11) is 0. The molecule has 60 valence electrons. The van der Waals surface area contributed by atoms with Gasteiger partial charge >= 0.3 is 0 Å². The van der Waals surface area contributed by atoms with Crippen LogP contribution < -0.4 is 0 Å². The van der Waals surface area contributed by atoms with Gasteiger partial charge in [0.15, 0.2) is 0 Å². The van der Waals surface area contributed by atoms with Gasteiger partial charge in [-0.25, -0.2) is 0 Å². The second-order valence-electron chi connectivity index (χ2n) is 2.48. The maximum absolute atomic E-state index is 8.52. The minimum Gasteiger partial charge on any atom is -0.396 e. The molecule has 0 rings (SSSR count). The fourth-order valence-corrected chi connectivity index (χ4v) is 0.645. The van der Waals surface area contributed by atoms with E-state index in [-0.39, 0.29) is 12.6 Å². The molecule has 0 saturated carbocycles. The quantitative estimate of drug-likeness (QED) is 0.583. The summed E-state index contributed by atoms with van der Waals surface area (Å²) in [6.07, 6.45) is 4.92. The van der Waals surface area contributed by atoms with E-state index < -0.39 is 0 Å². The lowest BCUT2D eigenvalue weighted by Crippen LogP contribution is -2.00. The van der Waals surface area contributed by atoms with E-state index in [0.717, 1.165) is 19.3 Å². The number of aliphatic hydroxyl groups excluding tert-OH is 1. The summed E-state index contributed by atoms with van der Waals surface area (Å²) in [5, 5.41) is 8.52. The Morgan fingerprint density at radius 2 is 2.30 bits per heavy atom. The normalized spacial score (nSPS) is 14.3. The second kappa shape index (κ2) is 6.75. The van der Waals surface area contributed by atoms with E-state index in [2.05, 4.69) is 11.9 Å². The zero-order chi connectivity index (χ0) is 7.82. The summed E-state index contributed by atoms with van der Waals surface area (Å²) in [5.41, 5.74) is 0. The molecular formula is C8H17NO. The first-order valence-corrected chi connectivity index (χ1v) is 3.93. The summed E-state index contributed by atoms with van der Waals surface area (Å²) in [6.45, 7) is 4.38.